The summed E-state index contributed by atoms with van der Waals surface area (Å²) in [6.45, 7) is 12.9. The molecule has 0 fully saturated rings. The van der Waals surface area contributed by atoms with E-state index >= 15 is 0 Å². The number of hydrogen-bond acceptors (Lipinski definition) is 0. The van der Waals surface area contributed by atoms with Gasteiger partial charge >= 0.3 is 0 Å². The summed E-state index contributed by atoms with van der Waals surface area (Å²) in [5.41, 5.74) is 5.55. The molecule has 0 amide bonds. The summed E-state index contributed by atoms with van der Waals surface area (Å²) >= 11 is 0. The quantitative estimate of drug-likeness (QED) is 0.421. The average Bonchev–Trinajstić information content (AvgIpc) is 2.49. The number of benzene rings is 3. The van der Waals surface area contributed by atoms with Crippen molar-refractivity contribution < 1.29 is 0 Å². The van der Waals surface area contributed by atoms with Crippen LogP contribution >= 0.6 is 0 Å². The van der Waals surface area contributed by atoms with Crippen LogP contribution in [0.3, 0.4) is 0 Å². The summed E-state index contributed by atoms with van der Waals surface area (Å²) in [6, 6.07) is 13.4. The molecular formula is C20H24. The molecule has 0 aliphatic heterocycles. The molecule has 0 heterocycles. The van der Waals surface area contributed by atoms with Crippen LogP contribution in [0.5, 0.6) is 0 Å². The van der Waals surface area contributed by atoms with Crippen LogP contribution in [0.2, 0.25) is 0 Å². The molecular weight excluding hydrogens is 240 g/mol. The predicted molar refractivity (Wildman–Crippen MR) is 91.8 cm³/mol. The molecule has 20 heavy (non-hydrogen) atoms. The lowest BCUT2D eigenvalue weighted by Crippen LogP contribution is -1.90. The molecule has 0 aliphatic carbocycles. The van der Waals surface area contributed by atoms with E-state index in [-0.39, 0.29) is 0 Å². The third kappa shape index (κ3) is 2.20. The highest BCUT2D eigenvalue weighted by Gasteiger charge is 2.09. The second kappa shape index (κ2) is 5.66. The van der Waals surface area contributed by atoms with E-state index in [4.69, 9.17) is 0 Å². The minimum Gasteiger partial charge on any atom is -0.0683 e. The Morgan fingerprint density at radius 2 is 0.900 bits per heavy atom. The Bertz CT molecular complexity index is 698. The summed E-state index contributed by atoms with van der Waals surface area (Å²) < 4.78 is 0. The van der Waals surface area contributed by atoms with E-state index in [1.165, 1.54) is 43.8 Å². The first-order valence-electron chi connectivity index (χ1n) is 7.48. The first-order valence-corrected chi connectivity index (χ1v) is 7.48. The fourth-order valence-corrected chi connectivity index (χ4v) is 2.86. The molecule has 0 nitrogen and oxygen atoms in total. The highest BCUT2D eigenvalue weighted by Crippen LogP contribution is 2.33. The van der Waals surface area contributed by atoms with Gasteiger partial charge in [0.25, 0.3) is 0 Å². The van der Waals surface area contributed by atoms with E-state index in [0.717, 1.165) is 0 Å². The molecule has 0 aromatic heterocycles. The van der Waals surface area contributed by atoms with Crippen LogP contribution in [0.1, 0.15) is 36.1 Å². The smallest absolute Gasteiger partial charge is 0.0143 e. The zero-order valence-corrected chi connectivity index (χ0v) is 13.5. The molecule has 0 saturated carbocycles. The van der Waals surface area contributed by atoms with Crippen molar-refractivity contribution in [1.82, 2.24) is 0 Å². The van der Waals surface area contributed by atoms with E-state index in [1.807, 2.05) is 13.8 Å². The number of hydrogen-bond donors (Lipinski definition) is 0. The maximum absolute atomic E-state index is 2.33. The molecule has 104 valence electrons. The molecule has 3 aromatic rings. The van der Waals surface area contributed by atoms with Gasteiger partial charge < -0.3 is 0 Å². The van der Waals surface area contributed by atoms with E-state index < -0.39 is 0 Å². The Labute approximate surface area is 122 Å². The monoisotopic (exact) mass is 264 g/mol. The maximum atomic E-state index is 2.33. The third-order valence-electron chi connectivity index (χ3n) is 4.18. The van der Waals surface area contributed by atoms with Crippen molar-refractivity contribution in [3.05, 3.63) is 58.7 Å². The molecule has 0 unspecified atom stereocenters. The van der Waals surface area contributed by atoms with Gasteiger partial charge in [0.05, 0.1) is 0 Å². The normalized spacial score (nSPS) is 10.5. The van der Waals surface area contributed by atoms with Crippen molar-refractivity contribution in [2.45, 2.75) is 41.5 Å². The Balaban J connectivity index is 0.000000704. The minimum atomic E-state index is 1.38. The second-order valence-corrected chi connectivity index (χ2v) is 5.28. The molecule has 0 heteroatoms. The van der Waals surface area contributed by atoms with Gasteiger partial charge in [-0.2, -0.15) is 0 Å². The van der Waals surface area contributed by atoms with Gasteiger partial charge in [-0.3, -0.25) is 0 Å². The van der Waals surface area contributed by atoms with Crippen LogP contribution in [0.4, 0.5) is 0 Å². The van der Waals surface area contributed by atoms with Crippen molar-refractivity contribution in [1.29, 1.82) is 0 Å². The standard InChI is InChI=1S/C18H18.C2H6/c1-11-9-17-13(3)15-7-5-6-8-16(15)14(4)18(17)10-12(11)2;1-2/h5-10H,1-4H3;1-2H3. The van der Waals surface area contributed by atoms with Gasteiger partial charge in [0, 0.05) is 0 Å². The lowest BCUT2D eigenvalue weighted by Gasteiger charge is -2.14. The van der Waals surface area contributed by atoms with Crippen molar-refractivity contribution >= 4 is 21.5 Å². The summed E-state index contributed by atoms with van der Waals surface area (Å²) in [5, 5.41) is 5.56. The van der Waals surface area contributed by atoms with Gasteiger partial charge in [0.15, 0.2) is 0 Å². The average molecular weight is 264 g/mol. The Morgan fingerprint density at radius 3 is 1.25 bits per heavy atom. The van der Waals surface area contributed by atoms with Crippen LogP contribution in [-0.4, -0.2) is 0 Å². The summed E-state index contributed by atoms with van der Waals surface area (Å²) in [6.07, 6.45) is 0. The van der Waals surface area contributed by atoms with Gasteiger partial charge in [0.1, 0.15) is 0 Å². The highest BCUT2D eigenvalue weighted by molar-refractivity contribution is 6.05. The molecule has 0 atom stereocenters. The maximum Gasteiger partial charge on any atom is -0.0143 e. The predicted octanol–water partition coefficient (Wildman–Crippen LogP) is 6.25. The lowest BCUT2D eigenvalue weighted by molar-refractivity contribution is 1.35. The van der Waals surface area contributed by atoms with E-state index in [2.05, 4.69) is 64.1 Å². The number of rotatable bonds is 0. The van der Waals surface area contributed by atoms with Crippen LogP contribution in [0.25, 0.3) is 21.5 Å². The van der Waals surface area contributed by atoms with Crippen LogP contribution in [0.15, 0.2) is 36.4 Å². The van der Waals surface area contributed by atoms with Crippen LogP contribution < -0.4 is 0 Å². The molecule has 0 aliphatic rings. The Hall–Kier alpha value is -1.82. The van der Waals surface area contributed by atoms with E-state index in [1.54, 1.807) is 0 Å². The van der Waals surface area contributed by atoms with Gasteiger partial charge in [0.2, 0.25) is 0 Å². The molecule has 0 radical (unpaired) electrons. The fraction of sp³-hybridized carbons (Fsp3) is 0.300. The van der Waals surface area contributed by atoms with Crippen molar-refractivity contribution in [3.63, 3.8) is 0 Å². The van der Waals surface area contributed by atoms with Gasteiger partial charge in [-0.15, -0.1) is 0 Å². The second-order valence-electron chi connectivity index (χ2n) is 5.28. The zero-order valence-electron chi connectivity index (χ0n) is 13.5. The Kier molecular flexibility index (Phi) is 4.13. The summed E-state index contributed by atoms with van der Waals surface area (Å²) in [7, 11) is 0. The number of fused-ring (bicyclic) bond motifs is 2. The molecule has 3 aromatic carbocycles. The first kappa shape index (κ1) is 14.6. The molecule has 0 spiro atoms. The van der Waals surface area contributed by atoms with Crippen molar-refractivity contribution in [3.8, 4) is 0 Å². The summed E-state index contributed by atoms with van der Waals surface area (Å²) in [5.74, 6) is 0. The minimum absolute atomic E-state index is 1.38. The van der Waals surface area contributed by atoms with Crippen molar-refractivity contribution in [2.24, 2.45) is 0 Å². The first-order chi connectivity index (χ1) is 9.59. The largest absolute Gasteiger partial charge is 0.0683 e. The SMILES string of the molecule is CC.Cc1cc2c(C)c3ccccc3c(C)c2cc1C. The highest BCUT2D eigenvalue weighted by atomic mass is 14.1. The van der Waals surface area contributed by atoms with Crippen LogP contribution in [0, 0.1) is 27.7 Å². The summed E-state index contributed by atoms with van der Waals surface area (Å²) in [4.78, 5) is 0. The molecule has 0 saturated heterocycles. The Morgan fingerprint density at radius 1 is 0.550 bits per heavy atom. The molecule has 0 N–H and O–H groups in total. The van der Waals surface area contributed by atoms with Crippen LogP contribution in [-0.2, 0) is 0 Å². The van der Waals surface area contributed by atoms with E-state index in [9.17, 15) is 0 Å². The third-order valence-corrected chi connectivity index (χ3v) is 4.18. The zero-order chi connectivity index (χ0) is 14.9. The van der Waals surface area contributed by atoms with Gasteiger partial charge in [-0.05, 0) is 71.5 Å². The molecule has 3 rings (SSSR count). The lowest BCUT2D eigenvalue weighted by atomic mass is 9.91. The number of aryl methyl sites for hydroxylation is 4. The van der Waals surface area contributed by atoms with Crippen molar-refractivity contribution in [2.75, 3.05) is 0 Å². The van der Waals surface area contributed by atoms with E-state index in [0.29, 0.717) is 0 Å². The van der Waals surface area contributed by atoms with Gasteiger partial charge in [-0.25, -0.2) is 0 Å². The fourth-order valence-electron chi connectivity index (χ4n) is 2.86. The molecule has 0 bridgehead atoms. The topological polar surface area (TPSA) is 0 Å². The van der Waals surface area contributed by atoms with Gasteiger partial charge in [-0.1, -0.05) is 50.2 Å².